The molecule has 0 unspecified atom stereocenters. The van der Waals surface area contributed by atoms with E-state index in [-0.39, 0.29) is 0 Å². The summed E-state index contributed by atoms with van der Waals surface area (Å²) in [5.74, 6) is 0. The van der Waals surface area contributed by atoms with Crippen molar-refractivity contribution in [2.24, 2.45) is 0 Å². The molecule has 0 bridgehead atoms. The maximum absolute atomic E-state index is 3.94. The summed E-state index contributed by atoms with van der Waals surface area (Å²) in [6.07, 6.45) is 1.42. The predicted molar refractivity (Wildman–Crippen MR) is 95.8 cm³/mol. The van der Waals surface area contributed by atoms with Crippen molar-refractivity contribution in [2.75, 3.05) is 0 Å². The van der Waals surface area contributed by atoms with Crippen LogP contribution in [-0.4, -0.2) is 20.2 Å². The molecule has 0 aliphatic carbocycles. The Kier molecular flexibility index (Phi) is 5.10. The maximum atomic E-state index is 3.94. The van der Waals surface area contributed by atoms with Gasteiger partial charge in [-0.1, -0.05) is 78.9 Å². The molecule has 0 radical (unpaired) electrons. The molecule has 4 aromatic rings. The van der Waals surface area contributed by atoms with Crippen molar-refractivity contribution in [2.45, 2.75) is 6.92 Å². The first-order chi connectivity index (χ1) is 11.8. The van der Waals surface area contributed by atoms with Gasteiger partial charge in [0.25, 0.3) is 0 Å². The van der Waals surface area contributed by atoms with Gasteiger partial charge >= 0.3 is 0 Å². The molecule has 0 spiro atoms. The first-order valence-electron chi connectivity index (χ1n) is 7.74. The van der Waals surface area contributed by atoms with Crippen LogP contribution in [0.4, 0.5) is 0 Å². The van der Waals surface area contributed by atoms with Crippen LogP contribution in [0, 0.1) is 6.92 Å². The lowest BCUT2D eigenvalue weighted by molar-refractivity contribution is 0.716. The number of para-hydroxylation sites is 1. The Bertz CT molecular complexity index is 819. The highest BCUT2D eigenvalue weighted by Gasteiger charge is 1.99. The van der Waals surface area contributed by atoms with E-state index in [0.29, 0.717) is 0 Å². The van der Waals surface area contributed by atoms with E-state index >= 15 is 0 Å². The lowest BCUT2D eigenvalue weighted by atomic mass is 10.1. The molecule has 3 aromatic carbocycles. The average Bonchev–Trinajstić information content (AvgIpc) is 3.19. The molecule has 0 aliphatic heterocycles. The minimum atomic E-state index is 0.968. The van der Waals surface area contributed by atoms with Crippen molar-refractivity contribution in [3.8, 4) is 16.8 Å². The number of tetrazole rings is 1. The summed E-state index contributed by atoms with van der Waals surface area (Å²) in [5.41, 5.74) is 4.65. The van der Waals surface area contributed by atoms with E-state index in [2.05, 4.69) is 63.9 Å². The van der Waals surface area contributed by atoms with Crippen molar-refractivity contribution in [3.63, 3.8) is 0 Å². The third-order valence-electron chi connectivity index (χ3n) is 3.56. The molecule has 0 atom stereocenters. The molecule has 4 rings (SSSR count). The SMILES string of the molecule is Cc1ccccc1-n1ncnn1.c1ccc(-c2ccccc2)cc1. The van der Waals surface area contributed by atoms with E-state index in [1.54, 1.807) is 0 Å². The Balaban J connectivity index is 0.000000141. The summed E-state index contributed by atoms with van der Waals surface area (Å²) < 4.78 is 0. The van der Waals surface area contributed by atoms with Crippen LogP contribution in [0.5, 0.6) is 0 Å². The molecule has 0 amide bonds. The predicted octanol–water partition coefficient (Wildman–Crippen LogP) is 4.32. The van der Waals surface area contributed by atoms with E-state index < -0.39 is 0 Å². The molecule has 24 heavy (non-hydrogen) atoms. The van der Waals surface area contributed by atoms with Crippen LogP contribution in [0.25, 0.3) is 16.8 Å². The zero-order valence-corrected chi connectivity index (χ0v) is 13.4. The fourth-order valence-corrected chi connectivity index (χ4v) is 2.33. The minimum Gasteiger partial charge on any atom is -0.135 e. The molecule has 0 aliphatic rings. The van der Waals surface area contributed by atoms with Gasteiger partial charge in [-0.25, -0.2) is 0 Å². The van der Waals surface area contributed by atoms with E-state index in [1.807, 2.05) is 43.3 Å². The number of aryl methyl sites for hydroxylation is 1. The van der Waals surface area contributed by atoms with Crippen molar-refractivity contribution >= 4 is 0 Å². The van der Waals surface area contributed by atoms with Crippen LogP contribution in [0.2, 0.25) is 0 Å². The number of hydrogen-bond acceptors (Lipinski definition) is 3. The number of aromatic nitrogens is 4. The van der Waals surface area contributed by atoms with E-state index in [4.69, 9.17) is 0 Å². The lowest BCUT2D eigenvalue weighted by Crippen LogP contribution is -2.00. The monoisotopic (exact) mass is 314 g/mol. The maximum Gasteiger partial charge on any atom is 0.162 e. The molecule has 1 heterocycles. The van der Waals surface area contributed by atoms with Crippen LogP contribution in [0.15, 0.2) is 91.3 Å². The number of nitrogens with zero attached hydrogens (tertiary/aromatic N) is 4. The third-order valence-corrected chi connectivity index (χ3v) is 3.56. The van der Waals surface area contributed by atoms with Gasteiger partial charge in [0.05, 0.1) is 5.69 Å². The van der Waals surface area contributed by atoms with Crippen molar-refractivity contribution in [1.29, 1.82) is 0 Å². The second-order valence-electron chi connectivity index (χ2n) is 5.24. The smallest absolute Gasteiger partial charge is 0.135 e. The van der Waals surface area contributed by atoms with Gasteiger partial charge in [-0.05, 0) is 34.9 Å². The molecule has 4 nitrogen and oxygen atoms in total. The van der Waals surface area contributed by atoms with Crippen LogP contribution < -0.4 is 0 Å². The zero-order chi connectivity index (χ0) is 16.6. The Morgan fingerprint density at radius 3 is 1.71 bits per heavy atom. The first kappa shape index (κ1) is 15.6. The Morgan fingerprint density at radius 2 is 1.21 bits per heavy atom. The van der Waals surface area contributed by atoms with E-state index in [0.717, 1.165) is 11.3 Å². The normalized spacial score (nSPS) is 9.88. The standard InChI is InChI=1S/C12H10.C8H8N4/c1-3-7-11(8-4-1)12-9-5-2-6-10-12;1-7-4-2-3-5-8(7)12-10-6-9-11-12/h1-10H;2-6H,1H3. The lowest BCUT2D eigenvalue weighted by Gasteiger charge is -2.00. The average molecular weight is 314 g/mol. The second kappa shape index (κ2) is 7.83. The van der Waals surface area contributed by atoms with Crippen LogP contribution >= 0.6 is 0 Å². The van der Waals surface area contributed by atoms with E-state index in [1.165, 1.54) is 22.3 Å². The van der Waals surface area contributed by atoms with Crippen LogP contribution in [0.3, 0.4) is 0 Å². The summed E-state index contributed by atoms with van der Waals surface area (Å²) in [6, 6.07) is 28.7. The van der Waals surface area contributed by atoms with Gasteiger partial charge in [0.1, 0.15) is 0 Å². The second-order valence-corrected chi connectivity index (χ2v) is 5.24. The van der Waals surface area contributed by atoms with Gasteiger partial charge in [-0.3, -0.25) is 0 Å². The van der Waals surface area contributed by atoms with Crippen molar-refractivity contribution in [3.05, 3.63) is 96.8 Å². The Morgan fingerprint density at radius 1 is 0.667 bits per heavy atom. The summed E-state index contributed by atoms with van der Waals surface area (Å²) in [4.78, 5) is 1.51. The Hall–Kier alpha value is -3.27. The molecule has 0 fully saturated rings. The molecular formula is C20H18N4. The van der Waals surface area contributed by atoms with Gasteiger partial charge in [0.2, 0.25) is 0 Å². The summed E-state index contributed by atoms with van der Waals surface area (Å²) >= 11 is 0. The Labute approximate surface area is 141 Å². The topological polar surface area (TPSA) is 43.6 Å². The first-order valence-corrected chi connectivity index (χ1v) is 7.74. The number of hydrogen-bond donors (Lipinski definition) is 0. The molecule has 0 saturated carbocycles. The van der Waals surface area contributed by atoms with Crippen LogP contribution in [0.1, 0.15) is 5.56 Å². The highest BCUT2D eigenvalue weighted by Crippen LogP contribution is 2.17. The fraction of sp³-hybridized carbons (Fsp3) is 0.0500. The van der Waals surface area contributed by atoms with Gasteiger partial charge in [-0.2, -0.15) is 0 Å². The van der Waals surface area contributed by atoms with Gasteiger partial charge < -0.3 is 0 Å². The summed E-state index contributed by atoms with van der Waals surface area (Å²) in [7, 11) is 0. The number of benzene rings is 3. The van der Waals surface area contributed by atoms with Crippen molar-refractivity contribution in [1.82, 2.24) is 20.2 Å². The largest absolute Gasteiger partial charge is 0.162 e. The van der Waals surface area contributed by atoms with Crippen molar-refractivity contribution < 1.29 is 0 Å². The summed E-state index contributed by atoms with van der Waals surface area (Å²) in [5, 5.41) is 11.4. The molecule has 118 valence electrons. The summed E-state index contributed by atoms with van der Waals surface area (Å²) in [6.45, 7) is 2.01. The van der Waals surface area contributed by atoms with Gasteiger partial charge in [-0.15, -0.1) is 15.0 Å². The number of rotatable bonds is 2. The van der Waals surface area contributed by atoms with E-state index in [9.17, 15) is 0 Å². The van der Waals surface area contributed by atoms with Gasteiger partial charge in [0, 0.05) is 0 Å². The zero-order valence-electron chi connectivity index (χ0n) is 13.4. The quantitative estimate of drug-likeness (QED) is 0.553. The molecule has 1 aromatic heterocycles. The van der Waals surface area contributed by atoms with Crippen LogP contribution in [-0.2, 0) is 0 Å². The highest BCUT2D eigenvalue weighted by molar-refractivity contribution is 5.62. The highest BCUT2D eigenvalue weighted by atomic mass is 15.6. The van der Waals surface area contributed by atoms with Gasteiger partial charge in [0.15, 0.2) is 6.33 Å². The molecule has 0 saturated heterocycles. The fourth-order valence-electron chi connectivity index (χ4n) is 2.33. The molecule has 4 heteroatoms. The molecular weight excluding hydrogens is 296 g/mol. The third kappa shape index (κ3) is 3.93. The molecule has 0 N–H and O–H groups in total. The minimum absolute atomic E-state index is 0.968.